The molecule has 0 radical (unpaired) electrons. The van der Waals surface area contributed by atoms with Crippen LogP contribution in [-0.4, -0.2) is 28.0 Å². The number of hydrogen-bond acceptors (Lipinski definition) is 5. The third-order valence-electron chi connectivity index (χ3n) is 4.67. The van der Waals surface area contributed by atoms with Crippen LogP contribution in [0.3, 0.4) is 0 Å². The van der Waals surface area contributed by atoms with E-state index >= 15 is 0 Å². The van der Waals surface area contributed by atoms with Gasteiger partial charge in [0.15, 0.2) is 5.13 Å². The molecule has 1 aromatic carbocycles. The van der Waals surface area contributed by atoms with Crippen LogP contribution in [0.1, 0.15) is 48.1 Å². The van der Waals surface area contributed by atoms with Gasteiger partial charge in [0.25, 0.3) is 5.91 Å². The number of benzene rings is 1. The smallest absolute Gasteiger partial charge is 0.311 e. The van der Waals surface area contributed by atoms with Gasteiger partial charge in [-0.3, -0.25) is 14.9 Å². The maximum absolute atomic E-state index is 14.2. The average molecular weight is 496 g/mol. The summed E-state index contributed by atoms with van der Waals surface area (Å²) < 4.78 is 34.3. The van der Waals surface area contributed by atoms with E-state index in [-0.39, 0.29) is 34.6 Å². The molecular weight excluding hydrogens is 472 g/mol. The second-order valence-electron chi connectivity index (χ2n) is 7.87. The number of aromatic nitrogens is 2. The molecule has 1 N–H and O–H groups in total. The normalized spacial score (nSPS) is 11.1. The summed E-state index contributed by atoms with van der Waals surface area (Å²) in [6, 6.07) is 5.10. The summed E-state index contributed by atoms with van der Waals surface area (Å²) in [7, 11) is 0. The first-order valence-electron chi connectivity index (χ1n) is 10.4. The molecule has 1 amide bonds. The Morgan fingerprint density at radius 2 is 2.03 bits per heavy atom. The number of carbonyl (C=O) groups excluding carboxylic acids is 2. The van der Waals surface area contributed by atoms with Gasteiger partial charge in [-0.05, 0) is 37.0 Å². The quantitative estimate of drug-likeness (QED) is 0.399. The van der Waals surface area contributed by atoms with Crippen LogP contribution in [0.4, 0.5) is 13.9 Å². The molecule has 2 heterocycles. The maximum Gasteiger partial charge on any atom is 0.311 e. The maximum atomic E-state index is 14.2. The van der Waals surface area contributed by atoms with Crippen LogP contribution >= 0.6 is 22.9 Å². The van der Waals surface area contributed by atoms with E-state index in [1.165, 1.54) is 12.1 Å². The fourth-order valence-electron chi connectivity index (χ4n) is 3.31. The van der Waals surface area contributed by atoms with Crippen molar-refractivity contribution < 1.29 is 23.1 Å². The highest BCUT2D eigenvalue weighted by Gasteiger charge is 2.20. The Labute approximate surface area is 199 Å². The number of esters is 1. The molecule has 2 aromatic heterocycles. The van der Waals surface area contributed by atoms with Crippen molar-refractivity contribution in [3.63, 3.8) is 0 Å². The van der Waals surface area contributed by atoms with E-state index in [1.807, 2.05) is 0 Å². The third kappa shape index (κ3) is 6.61. The second-order valence-corrected chi connectivity index (χ2v) is 9.47. The highest BCUT2D eigenvalue weighted by Crippen LogP contribution is 2.29. The monoisotopic (exact) mass is 495 g/mol. The molecule has 10 heteroatoms. The van der Waals surface area contributed by atoms with Gasteiger partial charge in [-0.2, -0.15) is 0 Å². The van der Waals surface area contributed by atoms with Crippen molar-refractivity contribution >= 4 is 39.9 Å². The molecule has 0 fully saturated rings. The van der Waals surface area contributed by atoms with Gasteiger partial charge in [-0.15, -0.1) is 0 Å². The molecule has 0 aliphatic carbocycles. The second kappa shape index (κ2) is 10.9. The van der Waals surface area contributed by atoms with E-state index in [1.54, 1.807) is 23.8 Å². The van der Waals surface area contributed by atoms with Gasteiger partial charge in [0.2, 0.25) is 0 Å². The number of rotatable bonds is 9. The molecule has 0 bridgehead atoms. The lowest BCUT2D eigenvalue weighted by Crippen LogP contribution is -2.17. The van der Waals surface area contributed by atoms with Gasteiger partial charge in [0.05, 0.1) is 25.3 Å². The largest absolute Gasteiger partial charge is 0.466 e. The number of ether oxygens (including phenoxy) is 1. The van der Waals surface area contributed by atoms with Crippen molar-refractivity contribution in [3.05, 3.63) is 68.9 Å². The summed E-state index contributed by atoms with van der Waals surface area (Å²) in [6.45, 7) is 6.11. The minimum atomic E-state index is -0.684. The molecule has 6 nitrogen and oxygen atoms in total. The predicted octanol–water partition coefficient (Wildman–Crippen LogP) is 5.48. The first-order chi connectivity index (χ1) is 15.7. The SMILES string of the molecule is CCOC(=O)Cc1nc(NC(=O)c2cc(CC(C)C)cn2Cc2ccc(F)cc2F)sc1Cl. The van der Waals surface area contributed by atoms with E-state index in [4.69, 9.17) is 16.3 Å². The highest BCUT2D eigenvalue weighted by molar-refractivity contribution is 7.19. The topological polar surface area (TPSA) is 73.2 Å². The Morgan fingerprint density at radius 1 is 1.27 bits per heavy atom. The van der Waals surface area contributed by atoms with E-state index in [2.05, 4.69) is 24.1 Å². The number of hydrogen-bond donors (Lipinski definition) is 1. The average Bonchev–Trinajstić information content (AvgIpc) is 3.26. The molecule has 0 unspecified atom stereocenters. The van der Waals surface area contributed by atoms with E-state index < -0.39 is 23.5 Å². The first kappa shape index (κ1) is 24.9. The molecule has 0 atom stereocenters. The number of anilines is 1. The summed E-state index contributed by atoms with van der Waals surface area (Å²) in [4.78, 5) is 29.0. The van der Waals surface area contributed by atoms with Crippen LogP contribution in [0, 0.1) is 17.6 Å². The third-order valence-corrected chi connectivity index (χ3v) is 5.92. The van der Waals surface area contributed by atoms with Crippen LogP contribution in [0.15, 0.2) is 30.5 Å². The van der Waals surface area contributed by atoms with Crippen molar-refractivity contribution in [3.8, 4) is 0 Å². The Bertz CT molecular complexity index is 1160. The number of nitrogens with zero attached hydrogens (tertiary/aromatic N) is 2. The summed E-state index contributed by atoms with van der Waals surface area (Å²) >= 11 is 7.20. The Balaban J connectivity index is 1.84. The number of nitrogens with one attached hydrogen (secondary N) is 1. The number of thiazole rings is 1. The van der Waals surface area contributed by atoms with E-state index in [0.29, 0.717) is 17.3 Å². The Morgan fingerprint density at radius 3 is 2.70 bits per heavy atom. The van der Waals surface area contributed by atoms with E-state index in [0.717, 1.165) is 29.4 Å². The predicted molar refractivity (Wildman–Crippen MR) is 124 cm³/mol. The van der Waals surface area contributed by atoms with E-state index in [9.17, 15) is 18.4 Å². The minimum Gasteiger partial charge on any atom is -0.466 e. The van der Waals surface area contributed by atoms with Gasteiger partial charge in [0.1, 0.15) is 21.7 Å². The summed E-state index contributed by atoms with van der Waals surface area (Å²) in [6.07, 6.45) is 2.42. The molecule has 0 saturated heterocycles. The van der Waals surface area contributed by atoms with Gasteiger partial charge < -0.3 is 9.30 Å². The molecule has 0 spiro atoms. The van der Waals surface area contributed by atoms with Crippen LogP contribution in [0.2, 0.25) is 4.34 Å². The molecule has 0 aliphatic heterocycles. The Kier molecular flexibility index (Phi) is 8.20. The van der Waals surface area contributed by atoms with Gasteiger partial charge in [0, 0.05) is 17.8 Å². The van der Waals surface area contributed by atoms with Crippen molar-refractivity contribution in [1.29, 1.82) is 0 Å². The van der Waals surface area contributed by atoms with Crippen molar-refractivity contribution in [2.45, 2.75) is 40.2 Å². The van der Waals surface area contributed by atoms with Gasteiger partial charge in [-0.25, -0.2) is 13.8 Å². The zero-order valence-corrected chi connectivity index (χ0v) is 20.0. The lowest BCUT2D eigenvalue weighted by Gasteiger charge is -2.10. The first-order valence-corrected chi connectivity index (χ1v) is 11.6. The molecular formula is C23H24ClF2N3O3S. The lowest BCUT2D eigenvalue weighted by molar-refractivity contribution is -0.142. The molecule has 0 aliphatic rings. The number of amides is 1. The van der Waals surface area contributed by atoms with Gasteiger partial charge >= 0.3 is 5.97 Å². The minimum absolute atomic E-state index is 0.0553. The zero-order valence-electron chi connectivity index (χ0n) is 18.5. The van der Waals surface area contributed by atoms with Gasteiger partial charge in [-0.1, -0.05) is 42.9 Å². The van der Waals surface area contributed by atoms with Crippen molar-refractivity contribution in [2.75, 3.05) is 11.9 Å². The molecule has 0 saturated carbocycles. The summed E-state index contributed by atoms with van der Waals surface area (Å²) in [5.41, 5.74) is 1.79. The van der Waals surface area contributed by atoms with Crippen LogP contribution in [0.25, 0.3) is 0 Å². The lowest BCUT2D eigenvalue weighted by atomic mass is 10.1. The van der Waals surface area contributed by atoms with Crippen LogP contribution in [0.5, 0.6) is 0 Å². The zero-order chi connectivity index (χ0) is 24.1. The fraction of sp³-hybridized carbons (Fsp3) is 0.348. The number of carbonyl (C=O) groups is 2. The van der Waals surface area contributed by atoms with Crippen molar-refractivity contribution in [1.82, 2.24) is 9.55 Å². The highest BCUT2D eigenvalue weighted by atomic mass is 35.5. The van der Waals surface area contributed by atoms with Crippen LogP contribution in [-0.2, 0) is 28.9 Å². The standard InChI is InChI=1S/C23H24ClF2N3O3S/c1-4-32-20(30)10-18-21(24)33-23(27-18)28-22(31)19-8-14(7-13(2)3)11-29(19)12-15-5-6-16(25)9-17(15)26/h5-6,8-9,11,13H,4,7,10,12H2,1-3H3,(H,27,28,31). The van der Waals surface area contributed by atoms with Crippen LogP contribution < -0.4 is 5.32 Å². The Hall–Kier alpha value is -2.78. The molecule has 33 heavy (non-hydrogen) atoms. The van der Waals surface area contributed by atoms with Crippen molar-refractivity contribution in [2.24, 2.45) is 5.92 Å². The molecule has 3 aromatic rings. The molecule has 3 rings (SSSR count). The molecule has 176 valence electrons. The fourth-order valence-corrected chi connectivity index (χ4v) is 4.35. The number of halogens is 3. The summed E-state index contributed by atoms with van der Waals surface area (Å²) in [5, 5.41) is 2.93. The summed E-state index contributed by atoms with van der Waals surface area (Å²) in [5.74, 6) is -1.92.